The summed E-state index contributed by atoms with van der Waals surface area (Å²) >= 11 is 0. The minimum atomic E-state index is -0.592. The minimum absolute atomic E-state index is 0.209. The van der Waals surface area contributed by atoms with Gasteiger partial charge in [0, 0.05) is 5.92 Å². The number of fused-ring (bicyclic) bond motifs is 1. The number of rotatable bonds is 10. The van der Waals surface area contributed by atoms with Crippen LogP contribution in [0.5, 0.6) is 0 Å². The Balaban J connectivity index is 1.45. The average Bonchev–Trinajstić information content (AvgIpc) is 3.19. The highest BCUT2D eigenvalue weighted by Gasteiger charge is 2.43. The molecule has 0 unspecified atom stereocenters. The average molecular weight is 404 g/mol. The lowest BCUT2D eigenvalue weighted by molar-refractivity contribution is -0.0138. The molecule has 3 aliphatic rings. The van der Waals surface area contributed by atoms with E-state index in [-0.39, 0.29) is 12.0 Å². The maximum atomic E-state index is 11.0. The largest absolute Gasteiger partial charge is 0.392 e. The van der Waals surface area contributed by atoms with Crippen molar-refractivity contribution < 1.29 is 10.2 Å². The molecule has 0 spiro atoms. The number of hydrogen-bond acceptors (Lipinski definition) is 3. The highest BCUT2D eigenvalue weighted by atomic mass is 16.3. The molecule has 0 aromatic heterocycles. The molecular formula is C26H45NO2. The Hall–Kier alpha value is -0.640. The summed E-state index contributed by atoms with van der Waals surface area (Å²) in [4.78, 5) is 2.27. The van der Waals surface area contributed by atoms with Crippen LogP contribution in [0.15, 0.2) is 23.8 Å². The van der Waals surface area contributed by atoms with Gasteiger partial charge in [0.15, 0.2) is 0 Å². The third-order valence-corrected chi connectivity index (χ3v) is 7.93. The first-order valence-corrected chi connectivity index (χ1v) is 12.3. The van der Waals surface area contributed by atoms with E-state index in [1.54, 1.807) is 5.57 Å². The standard InChI is InChI=1S/C26H45NO2/c1-26(29,22-12-7-4-8-13-22)15-10-14-23-24-18-20(17-21(24)19-25(23)28)11-6-5-9-16-27(2)3/h10,14,17,21-25,28-29H,4-9,11-13,15-16,18-19H2,1-3H3/b14-10+/t21-,23+,24-,25+,26-/m0/s1. The molecule has 3 nitrogen and oxygen atoms in total. The van der Waals surface area contributed by atoms with E-state index >= 15 is 0 Å². The van der Waals surface area contributed by atoms with Crippen LogP contribution in [-0.4, -0.2) is 47.5 Å². The number of allylic oxidation sites excluding steroid dienone is 2. The zero-order valence-electron chi connectivity index (χ0n) is 19.2. The molecule has 29 heavy (non-hydrogen) atoms. The molecule has 2 saturated carbocycles. The predicted octanol–water partition coefficient (Wildman–Crippen LogP) is 5.33. The lowest BCUT2D eigenvalue weighted by atomic mass is 9.76. The molecule has 5 atom stereocenters. The normalized spacial score (nSPS) is 32.7. The Labute approximate surface area is 179 Å². The monoisotopic (exact) mass is 403 g/mol. The van der Waals surface area contributed by atoms with Gasteiger partial charge in [-0.3, -0.25) is 0 Å². The first-order chi connectivity index (χ1) is 13.9. The number of aliphatic hydroxyl groups is 2. The summed E-state index contributed by atoms with van der Waals surface area (Å²) in [5.74, 6) is 1.85. The summed E-state index contributed by atoms with van der Waals surface area (Å²) in [6, 6.07) is 0. The van der Waals surface area contributed by atoms with E-state index in [1.165, 1.54) is 70.8 Å². The molecule has 2 fully saturated rings. The third kappa shape index (κ3) is 6.42. The van der Waals surface area contributed by atoms with Crippen molar-refractivity contribution in [3.05, 3.63) is 23.8 Å². The van der Waals surface area contributed by atoms with E-state index in [4.69, 9.17) is 0 Å². The molecule has 0 aromatic rings. The molecule has 166 valence electrons. The predicted molar refractivity (Wildman–Crippen MR) is 122 cm³/mol. The van der Waals surface area contributed by atoms with Crippen molar-refractivity contribution in [2.75, 3.05) is 20.6 Å². The smallest absolute Gasteiger partial charge is 0.0682 e. The van der Waals surface area contributed by atoms with E-state index in [2.05, 4.69) is 37.2 Å². The van der Waals surface area contributed by atoms with E-state index in [9.17, 15) is 10.2 Å². The summed E-state index contributed by atoms with van der Waals surface area (Å²) in [7, 11) is 4.29. The Morgan fingerprint density at radius 1 is 1.14 bits per heavy atom. The van der Waals surface area contributed by atoms with Crippen LogP contribution >= 0.6 is 0 Å². The van der Waals surface area contributed by atoms with E-state index < -0.39 is 5.60 Å². The summed E-state index contributed by atoms with van der Waals surface area (Å²) < 4.78 is 0. The van der Waals surface area contributed by atoms with Crippen molar-refractivity contribution in [1.82, 2.24) is 4.90 Å². The van der Waals surface area contributed by atoms with Crippen LogP contribution in [0, 0.1) is 23.7 Å². The van der Waals surface area contributed by atoms with Gasteiger partial charge in [0.1, 0.15) is 0 Å². The molecule has 2 N–H and O–H groups in total. The van der Waals surface area contributed by atoms with Gasteiger partial charge in [-0.2, -0.15) is 0 Å². The zero-order valence-corrected chi connectivity index (χ0v) is 19.2. The van der Waals surface area contributed by atoms with Crippen molar-refractivity contribution in [1.29, 1.82) is 0 Å². The molecule has 0 amide bonds. The van der Waals surface area contributed by atoms with Gasteiger partial charge in [-0.1, -0.05) is 49.5 Å². The quantitative estimate of drug-likeness (QED) is 0.383. The molecule has 3 aliphatic carbocycles. The van der Waals surface area contributed by atoms with Crippen LogP contribution in [0.2, 0.25) is 0 Å². The van der Waals surface area contributed by atoms with Gasteiger partial charge in [-0.15, -0.1) is 0 Å². The van der Waals surface area contributed by atoms with Crippen molar-refractivity contribution in [2.24, 2.45) is 23.7 Å². The van der Waals surface area contributed by atoms with E-state index in [1.807, 2.05) is 6.92 Å². The maximum absolute atomic E-state index is 11.0. The number of unbranched alkanes of at least 4 members (excludes halogenated alkanes) is 2. The van der Waals surface area contributed by atoms with Gasteiger partial charge in [0.25, 0.3) is 0 Å². The summed E-state index contributed by atoms with van der Waals surface area (Å²) in [5, 5.41) is 21.6. The van der Waals surface area contributed by atoms with Crippen LogP contribution in [-0.2, 0) is 0 Å². The second-order valence-electron chi connectivity index (χ2n) is 10.7. The van der Waals surface area contributed by atoms with Gasteiger partial charge in [-0.25, -0.2) is 0 Å². The molecule has 0 heterocycles. The summed E-state index contributed by atoms with van der Waals surface area (Å²) in [5.41, 5.74) is 1.04. The van der Waals surface area contributed by atoms with Gasteiger partial charge in [-0.05, 0) is 96.7 Å². The van der Waals surface area contributed by atoms with Crippen LogP contribution < -0.4 is 0 Å². The van der Waals surface area contributed by atoms with Gasteiger partial charge >= 0.3 is 0 Å². The molecule has 0 bridgehead atoms. The van der Waals surface area contributed by atoms with E-state index in [0.29, 0.717) is 17.8 Å². The second-order valence-corrected chi connectivity index (χ2v) is 10.7. The van der Waals surface area contributed by atoms with Crippen LogP contribution in [0.3, 0.4) is 0 Å². The number of nitrogens with zero attached hydrogens (tertiary/aromatic N) is 1. The Bertz CT molecular complexity index is 559. The molecule has 3 heteroatoms. The molecule has 0 aromatic carbocycles. The summed E-state index contributed by atoms with van der Waals surface area (Å²) in [6.07, 6.45) is 20.9. The fourth-order valence-electron chi connectivity index (χ4n) is 6.10. The fraction of sp³-hybridized carbons (Fsp3) is 0.846. The maximum Gasteiger partial charge on any atom is 0.0682 e. The lowest BCUT2D eigenvalue weighted by Crippen LogP contribution is -2.35. The third-order valence-electron chi connectivity index (χ3n) is 7.93. The molecule has 0 saturated heterocycles. The Morgan fingerprint density at radius 2 is 1.90 bits per heavy atom. The Kier molecular flexibility index (Phi) is 8.41. The van der Waals surface area contributed by atoms with Crippen molar-refractivity contribution in [3.8, 4) is 0 Å². The van der Waals surface area contributed by atoms with Crippen molar-refractivity contribution >= 4 is 0 Å². The van der Waals surface area contributed by atoms with Crippen LogP contribution in [0.4, 0.5) is 0 Å². The molecule has 0 radical (unpaired) electrons. The SMILES string of the molecule is CN(C)CCCCCC1=C[C@H]2C[C@@H](O)[C@H](/C=C/C[C@](C)(O)C3CCCCC3)[C@H]2C1. The van der Waals surface area contributed by atoms with Crippen LogP contribution in [0.25, 0.3) is 0 Å². The first kappa shape index (κ1) is 23.0. The summed E-state index contributed by atoms with van der Waals surface area (Å²) in [6.45, 7) is 3.21. The van der Waals surface area contributed by atoms with Gasteiger partial charge < -0.3 is 15.1 Å². The van der Waals surface area contributed by atoms with Gasteiger partial charge in [0.2, 0.25) is 0 Å². The number of aliphatic hydroxyl groups excluding tert-OH is 1. The molecule has 3 rings (SSSR count). The first-order valence-electron chi connectivity index (χ1n) is 12.3. The molecular weight excluding hydrogens is 358 g/mol. The second kappa shape index (κ2) is 10.6. The lowest BCUT2D eigenvalue weighted by Gasteiger charge is -2.35. The van der Waals surface area contributed by atoms with Crippen molar-refractivity contribution in [3.63, 3.8) is 0 Å². The topological polar surface area (TPSA) is 43.7 Å². The minimum Gasteiger partial charge on any atom is -0.392 e. The van der Waals surface area contributed by atoms with Gasteiger partial charge in [0.05, 0.1) is 11.7 Å². The Morgan fingerprint density at radius 3 is 2.62 bits per heavy atom. The van der Waals surface area contributed by atoms with Crippen molar-refractivity contribution in [2.45, 2.75) is 95.7 Å². The fourth-order valence-corrected chi connectivity index (χ4v) is 6.10. The highest BCUT2D eigenvalue weighted by molar-refractivity contribution is 5.20. The highest BCUT2D eigenvalue weighted by Crippen LogP contribution is 2.48. The molecule has 0 aliphatic heterocycles. The van der Waals surface area contributed by atoms with Crippen LogP contribution in [0.1, 0.15) is 84.0 Å². The zero-order chi connectivity index (χ0) is 20.9. The number of hydrogen-bond donors (Lipinski definition) is 2. The van der Waals surface area contributed by atoms with E-state index in [0.717, 1.165) is 12.8 Å².